The summed E-state index contributed by atoms with van der Waals surface area (Å²) in [5.41, 5.74) is 4.95. The predicted octanol–water partition coefficient (Wildman–Crippen LogP) is 0.428. The lowest BCUT2D eigenvalue weighted by Gasteiger charge is -2.23. The molecule has 0 heterocycles. The third-order valence-corrected chi connectivity index (χ3v) is 1.90. The summed E-state index contributed by atoms with van der Waals surface area (Å²) in [5, 5.41) is 8.61. The summed E-state index contributed by atoms with van der Waals surface area (Å²) in [6.07, 6.45) is 0.826. The van der Waals surface area contributed by atoms with Crippen molar-refractivity contribution in [2.45, 2.75) is 45.3 Å². The monoisotopic (exact) mass is 189 g/mol. The molecule has 0 rings (SSSR count). The van der Waals surface area contributed by atoms with Gasteiger partial charge in [-0.3, -0.25) is 4.79 Å². The number of carbonyl (C=O) groups is 1. The van der Waals surface area contributed by atoms with Gasteiger partial charge in [-0.1, -0.05) is 6.92 Å². The van der Waals surface area contributed by atoms with E-state index < -0.39 is 11.6 Å². The van der Waals surface area contributed by atoms with Crippen LogP contribution in [0, 0.1) is 0 Å². The highest BCUT2D eigenvalue weighted by Crippen LogP contribution is 2.14. The molecule has 3 N–H and O–H groups in total. The molecule has 78 valence electrons. The molecular formula is C9H19NO3. The quantitative estimate of drug-likeness (QED) is 0.615. The first-order chi connectivity index (χ1) is 5.91. The van der Waals surface area contributed by atoms with Gasteiger partial charge in [0.05, 0.1) is 13.0 Å². The standard InChI is InChI=1S/C9H19NO3/c1-4-9(2,3)13-8(12)5-7(10)6-11/h7,11H,4-6,10H2,1-3H3/t7-/m1/s1. The molecule has 4 heteroatoms. The smallest absolute Gasteiger partial charge is 0.307 e. The molecule has 0 radical (unpaired) electrons. The van der Waals surface area contributed by atoms with Gasteiger partial charge in [-0.05, 0) is 20.3 Å². The zero-order chi connectivity index (χ0) is 10.5. The van der Waals surface area contributed by atoms with Gasteiger partial charge in [0.15, 0.2) is 0 Å². The highest BCUT2D eigenvalue weighted by atomic mass is 16.6. The molecule has 0 aromatic carbocycles. The number of aliphatic hydroxyl groups excluding tert-OH is 1. The van der Waals surface area contributed by atoms with Crippen molar-refractivity contribution in [3.63, 3.8) is 0 Å². The zero-order valence-electron chi connectivity index (χ0n) is 8.54. The fourth-order valence-electron chi connectivity index (χ4n) is 0.701. The van der Waals surface area contributed by atoms with Crippen LogP contribution in [0.2, 0.25) is 0 Å². The summed E-state index contributed by atoms with van der Waals surface area (Å²) < 4.78 is 5.13. The Labute approximate surface area is 79.1 Å². The SMILES string of the molecule is CCC(C)(C)OC(=O)C[C@@H](N)CO. The summed E-state index contributed by atoms with van der Waals surface area (Å²) in [6, 6.07) is -0.514. The second-order valence-electron chi connectivity index (χ2n) is 3.73. The van der Waals surface area contributed by atoms with Crippen LogP contribution in [0.15, 0.2) is 0 Å². The number of hydrogen-bond acceptors (Lipinski definition) is 4. The van der Waals surface area contributed by atoms with Crippen molar-refractivity contribution in [1.29, 1.82) is 0 Å². The lowest BCUT2D eigenvalue weighted by molar-refractivity contribution is -0.157. The lowest BCUT2D eigenvalue weighted by Crippen LogP contribution is -2.33. The summed E-state index contributed by atoms with van der Waals surface area (Å²) in [6.45, 7) is 5.44. The Hall–Kier alpha value is -0.610. The average molecular weight is 189 g/mol. The Bertz CT molecular complexity index is 168. The number of rotatable bonds is 5. The minimum Gasteiger partial charge on any atom is -0.460 e. The number of ether oxygens (including phenoxy) is 1. The number of nitrogens with two attached hydrogens (primary N) is 1. The molecule has 13 heavy (non-hydrogen) atoms. The topological polar surface area (TPSA) is 72.5 Å². The first kappa shape index (κ1) is 12.4. The Morgan fingerprint density at radius 2 is 2.15 bits per heavy atom. The van der Waals surface area contributed by atoms with Gasteiger partial charge in [-0.25, -0.2) is 0 Å². The Balaban J connectivity index is 3.87. The van der Waals surface area contributed by atoms with E-state index in [1.54, 1.807) is 0 Å². The van der Waals surface area contributed by atoms with Crippen LogP contribution in [0.3, 0.4) is 0 Å². The van der Waals surface area contributed by atoms with Crippen LogP contribution in [0.25, 0.3) is 0 Å². The minimum absolute atomic E-state index is 0.0694. The van der Waals surface area contributed by atoms with Crippen molar-refractivity contribution in [3.8, 4) is 0 Å². The number of aliphatic hydroxyl groups is 1. The van der Waals surface area contributed by atoms with E-state index in [2.05, 4.69) is 0 Å². The second-order valence-corrected chi connectivity index (χ2v) is 3.73. The first-order valence-electron chi connectivity index (χ1n) is 4.49. The highest BCUT2D eigenvalue weighted by Gasteiger charge is 2.21. The molecule has 0 saturated carbocycles. The van der Waals surface area contributed by atoms with Crippen molar-refractivity contribution < 1.29 is 14.6 Å². The summed E-state index contributed by atoms with van der Waals surface area (Å²) in [7, 11) is 0. The van der Waals surface area contributed by atoms with Crippen LogP contribution >= 0.6 is 0 Å². The van der Waals surface area contributed by atoms with Crippen molar-refractivity contribution >= 4 is 5.97 Å². The van der Waals surface area contributed by atoms with Gasteiger partial charge in [0, 0.05) is 6.04 Å². The van der Waals surface area contributed by atoms with Gasteiger partial charge in [0.1, 0.15) is 5.60 Å². The Morgan fingerprint density at radius 1 is 1.62 bits per heavy atom. The third kappa shape index (κ3) is 5.60. The van der Waals surface area contributed by atoms with E-state index in [4.69, 9.17) is 15.6 Å². The summed E-state index contributed by atoms with van der Waals surface area (Å²) in [5.74, 6) is -0.353. The second kappa shape index (κ2) is 5.19. The average Bonchev–Trinajstić information content (AvgIpc) is 2.03. The fraction of sp³-hybridized carbons (Fsp3) is 0.889. The van der Waals surface area contributed by atoms with E-state index in [-0.39, 0.29) is 19.0 Å². The van der Waals surface area contributed by atoms with E-state index >= 15 is 0 Å². The molecule has 0 aliphatic heterocycles. The van der Waals surface area contributed by atoms with Gasteiger partial charge in [0.25, 0.3) is 0 Å². The van der Waals surface area contributed by atoms with Crippen LogP contribution in [0.1, 0.15) is 33.6 Å². The van der Waals surface area contributed by atoms with Gasteiger partial charge >= 0.3 is 5.97 Å². The molecule has 4 nitrogen and oxygen atoms in total. The largest absolute Gasteiger partial charge is 0.460 e. The maximum atomic E-state index is 11.2. The predicted molar refractivity (Wildman–Crippen MR) is 50.1 cm³/mol. The zero-order valence-corrected chi connectivity index (χ0v) is 8.54. The molecule has 0 saturated heterocycles. The van der Waals surface area contributed by atoms with Gasteiger partial charge in [0.2, 0.25) is 0 Å². The van der Waals surface area contributed by atoms with E-state index in [0.29, 0.717) is 0 Å². The maximum absolute atomic E-state index is 11.2. The fourth-order valence-corrected chi connectivity index (χ4v) is 0.701. The van der Waals surface area contributed by atoms with Gasteiger partial charge in [-0.2, -0.15) is 0 Å². The first-order valence-corrected chi connectivity index (χ1v) is 4.49. The minimum atomic E-state index is -0.514. The molecule has 0 amide bonds. The highest BCUT2D eigenvalue weighted by molar-refractivity contribution is 5.70. The van der Waals surface area contributed by atoms with Gasteiger partial charge in [-0.15, -0.1) is 0 Å². The molecule has 0 aromatic heterocycles. The van der Waals surface area contributed by atoms with E-state index in [0.717, 1.165) is 6.42 Å². The molecule has 0 aliphatic rings. The normalized spacial score (nSPS) is 13.9. The lowest BCUT2D eigenvalue weighted by atomic mass is 10.1. The summed E-state index contributed by atoms with van der Waals surface area (Å²) in [4.78, 5) is 11.2. The molecule has 1 atom stereocenters. The molecular weight excluding hydrogens is 170 g/mol. The Kier molecular flexibility index (Phi) is 4.95. The van der Waals surface area contributed by atoms with Crippen LogP contribution in [0.5, 0.6) is 0 Å². The van der Waals surface area contributed by atoms with Crippen LogP contribution < -0.4 is 5.73 Å². The molecule has 0 fully saturated rings. The maximum Gasteiger partial charge on any atom is 0.307 e. The number of esters is 1. The van der Waals surface area contributed by atoms with Crippen LogP contribution in [-0.4, -0.2) is 29.3 Å². The van der Waals surface area contributed by atoms with E-state index in [1.165, 1.54) is 0 Å². The van der Waals surface area contributed by atoms with Crippen LogP contribution in [-0.2, 0) is 9.53 Å². The molecule has 0 unspecified atom stereocenters. The van der Waals surface area contributed by atoms with E-state index in [1.807, 2.05) is 20.8 Å². The van der Waals surface area contributed by atoms with Gasteiger partial charge < -0.3 is 15.6 Å². The number of carbonyl (C=O) groups excluding carboxylic acids is 1. The number of hydrogen-bond donors (Lipinski definition) is 2. The summed E-state index contributed by atoms with van der Waals surface area (Å²) >= 11 is 0. The van der Waals surface area contributed by atoms with E-state index in [9.17, 15) is 4.79 Å². The van der Waals surface area contributed by atoms with Crippen molar-refractivity contribution in [3.05, 3.63) is 0 Å². The van der Waals surface area contributed by atoms with Crippen molar-refractivity contribution in [2.24, 2.45) is 5.73 Å². The Morgan fingerprint density at radius 3 is 2.54 bits per heavy atom. The van der Waals surface area contributed by atoms with Crippen molar-refractivity contribution in [2.75, 3.05) is 6.61 Å². The van der Waals surface area contributed by atoms with Crippen LogP contribution in [0.4, 0.5) is 0 Å². The molecule has 0 bridgehead atoms. The third-order valence-electron chi connectivity index (χ3n) is 1.90. The molecule has 0 aliphatic carbocycles. The van der Waals surface area contributed by atoms with Crippen molar-refractivity contribution in [1.82, 2.24) is 0 Å². The molecule has 0 aromatic rings. The molecule has 0 spiro atoms.